The van der Waals surface area contributed by atoms with E-state index in [9.17, 15) is 13.4 Å². The minimum Gasteiger partial charge on any atom is -0.480 e. The Kier molecular flexibility index (Phi) is 8.37. The summed E-state index contributed by atoms with van der Waals surface area (Å²) in [5.41, 5.74) is 0.612. The van der Waals surface area contributed by atoms with Crippen LogP contribution >= 0.6 is 11.6 Å². The van der Waals surface area contributed by atoms with Crippen molar-refractivity contribution in [2.45, 2.75) is 44.8 Å². The fraction of sp³-hybridized carbons (Fsp3) is 0.333. The van der Waals surface area contributed by atoms with Gasteiger partial charge in [-0.15, -0.1) is 0 Å². The standard InChI is InChI=1S/C22H22ClF2N5O3S.C2H6/c1-12(31)21-17-9-29(2)16(10-30(17)11-27-21)19-14(24)5-6-15(20(19)25)28-34(4,32)18-7-13(23)8-26-22(18)33-3;1-2/h5-8,11,16H,4,9-10H2,1-3H3,(H,28,32);1-2H3/t16-,34?;/m0./s1. The summed E-state index contributed by atoms with van der Waals surface area (Å²) in [6.07, 6.45) is 2.81. The number of hydrogen-bond acceptors (Lipinski definition) is 6. The number of ketones is 1. The maximum atomic E-state index is 15.7. The van der Waals surface area contributed by atoms with E-state index in [1.165, 1.54) is 32.6 Å². The first-order chi connectivity index (χ1) is 17.0. The molecule has 12 heteroatoms. The van der Waals surface area contributed by atoms with Gasteiger partial charge in [0.25, 0.3) is 0 Å². The zero-order chi connectivity index (χ0) is 26.8. The maximum absolute atomic E-state index is 15.7. The molecule has 4 rings (SSSR count). The number of benzene rings is 1. The highest BCUT2D eigenvalue weighted by Gasteiger charge is 2.33. The van der Waals surface area contributed by atoms with E-state index in [4.69, 9.17) is 16.3 Å². The van der Waals surface area contributed by atoms with Gasteiger partial charge in [-0.1, -0.05) is 25.4 Å². The Bertz CT molecular complexity index is 1390. The van der Waals surface area contributed by atoms with Gasteiger partial charge in [-0.2, -0.15) is 0 Å². The number of nitrogens with zero attached hydrogens (tertiary/aromatic N) is 4. The van der Waals surface area contributed by atoms with Gasteiger partial charge in [0.2, 0.25) is 5.88 Å². The van der Waals surface area contributed by atoms with Crippen molar-refractivity contribution in [2.24, 2.45) is 0 Å². The minimum atomic E-state index is -3.38. The molecule has 1 aliphatic heterocycles. The summed E-state index contributed by atoms with van der Waals surface area (Å²) >= 11 is 5.98. The van der Waals surface area contributed by atoms with Crippen molar-refractivity contribution in [2.75, 3.05) is 18.9 Å². The SMILES string of the molecule is C=S(=O)(Nc1ccc(F)c([C@@H]2Cn3cnc(C(C)=O)c3CN2C)c1F)c1cc(Cl)cnc1OC.CC. The minimum absolute atomic E-state index is 0.0144. The lowest BCUT2D eigenvalue weighted by Crippen LogP contribution is -2.35. The molecule has 1 aliphatic rings. The number of ether oxygens (including phenoxy) is 1. The monoisotopic (exact) mass is 539 g/mol. The molecule has 0 aliphatic carbocycles. The van der Waals surface area contributed by atoms with Crippen molar-refractivity contribution in [3.8, 4) is 5.88 Å². The number of aromatic nitrogens is 3. The quantitative estimate of drug-likeness (QED) is 0.360. The molecule has 0 fully saturated rings. The summed E-state index contributed by atoms with van der Waals surface area (Å²) in [5.74, 6) is 1.85. The zero-order valence-corrected chi connectivity index (χ0v) is 22.2. The van der Waals surface area contributed by atoms with Crippen LogP contribution in [-0.4, -0.2) is 49.5 Å². The molecule has 0 saturated carbocycles. The van der Waals surface area contributed by atoms with Gasteiger partial charge < -0.3 is 14.0 Å². The van der Waals surface area contributed by atoms with Crippen LogP contribution in [0.3, 0.4) is 0 Å². The second kappa shape index (κ2) is 10.9. The van der Waals surface area contributed by atoms with E-state index in [0.717, 1.165) is 12.1 Å². The molecule has 0 radical (unpaired) electrons. The number of fused-ring (bicyclic) bond motifs is 1. The Morgan fingerprint density at radius 1 is 1.31 bits per heavy atom. The molecule has 3 aromatic rings. The molecule has 36 heavy (non-hydrogen) atoms. The molecule has 0 amide bonds. The molecule has 3 heterocycles. The van der Waals surface area contributed by atoms with Crippen molar-refractivity contribution >= 4 is 38.6 Å². The summed E-state index contributed by atoms with van der Waals surface area (Å²) in [6.45, 7) is 5.87. The number of likely N-dealkylation sites (N-methyl/N-ethyl adjacent to an activating group) is 1. The fourth-order valence-electron chi connectivity index (χ4n) is 3.99. The third-order valence-corrected chi connectivity index (χ3v) is 7.41. The van der Waals surface area contributed by atoms with E-state index >= 15 is 4.39 Å². The van der Waals surface area contributed by atoms with E-state index in [1.54, 1.807) is 16.5 Å². The molecule has 1 N–H and O–H groups in total. The van der Waals surface area contributed by atoms with E-state index in [1.807, 2.05) is 13.8 Å². The number of imidazole rings is 1. The van der Waals surface area contributed by atoms with Crippen LogP contribution in [0.5, 0.6) is 5.88 Å². The van der Waals surface area contributed by atoms with Crippen LogP contribution in [0.1, 0.15) is 48.6 Å². The topological polar surface area (TPSA) is 89.4 Å². The predicted octanol–water partition coefficient (Wildman–Crippen LogP) is 4.74. The number of hydrogen-bond donors (Lipinski definition) is 1. The van der Waals surface area contributed by atoms with E-state index < -0.39 is 27.4 Å². The molecule has 8 nitrogen and oxygen atoms in total. The molecule has 2 aromatic heterocycles. The lowest BCUT2D eigenvalue weighted by Gasteiger charge is -2.34. The molecule has 1 unspecified atom stereocenters. The Morgan fingerprint density at radius 2 is 2.00 bits per heavy atom. The first kappa shape index (κ1) is 27.6. The molecule has 194 valence electrons. The smallest absolute Gasteiger partial charge is 0.230 e. The summed E-state index contributed by atoms with van der Waals surface area (Å²) in [4.78, 5) is 21.7. The maximum Gasteiger partial charge on any atom is 0.230 e. The van der Waals surface area contributed by atoms with Gasteiger partial charge in [0.15, 0.2) is 11.6 Å². The van der Waals surface area contributed by atoms with Gasteiger partial charge in [-0.3, -0.25) is 9.69 Å². The third-order valence-electron chi connectivity index (χ3n) is 5.65. The average molecular weight is 540 g/mol. The first-order valence-corrected chi connectivity index (χ1v) is 13.2. The average Bonchev–Trinajstić information content (AvgIpc) is 3.25. The van der Waals surface area contributed by atoms with Gasteiger partial charge in [0.05, 0.1) is 45.6 Å². The lowest BCUT2D eigenvalue weighted by molar-refractivity contribution is 0.100. The number of nitrogens with one attached hydrogen (secondary N) is 1. The summed E-state index contributed by atoms with van der Waals surface area (Å²) < 4.78 is 53.4. The largest absolute Gasteiger partial charge is 0.480 e. The second-order valence-electron chi connectivity index (χ2n) is 7.94. The van der Waals surface area contributed by atoms with Crippen LogP contribution in [0.25, 0.3) is 0 Å². The summed E-state index contributed by atoms with van der Waals surface area (Å²) in [7, 11) is -0.335. The lowest BCUT2D eigenvalue weighted by atomic mass is 10.0. The van der Waals surface area contributed by atoms with Gasteiger partial charge in [-0.25, -0.2) is 23.0 Å². The van der Waals surface area contributed by atoms with Gasteiger partial charge in [0.1, 0.15) is 16.4 Å². The van der Waals surface area contributed by atoms with Crippen molar-refractivity contribution in [1.82, 2.24) is 19.4 Å². The summed E-state index contributed by atoms with van der Waals surface area (Å²) in [5, 5.41) is 0.194. The van der Waals surface area contributed by atoms with Gasteiger partial charge in [-0.05, 0) is 31.1 Å². The molecular formula is C24H28ClF2N5O3S. The number of anilines is 1. The highest BCUT2D eigenvalue weighted by Crippen LogP contribution is 2.36. The Labute approximate surface area is 214 Å². The molecule has 1 aromatic carbocycles. The zero-order valence-electron chi connectivity index (χ0n) is 20.6. The van der Waals surface area contributed by atoms with Crippen LogP contribution in [0.4, 0.5) is 14.5 Å². The van der Waals surface area contributed by atoms with Crippen LogP contribution in [-0.2, 0) is 22.8 Å². The van der Waals surface area contributed by atoms with Gasteiger partial charge in [0, 0.05) is 31.8 Å². The number of carbonyl (C=O) groups excluding carboxylic acids is 1. The van der Waals surface area contributed by atoms with Crippen molar-refractivity contribution in [3.05, 3.63) is 64.3 Å². The van der Waals surface area contributed by atoms with Crippen LogP contribution in [0.2, 0.25) is 5.02 Å². The Hall–Kier alpha value is -3.02. The number of carbonyl (C=O) groups is 1. The van der Waals surface area contributed by atoms with E-state index in [2.05, 4.69) is 20.6 Å². The van der Waals surface area contributed by atoms with E-state index in [-0.39, 0.29) is 45.9 Å². The van der Waals surface area contributed by atoms with Crippen molar-refractivity contribution in [3.63, 3.8) is 0 Å². The van der Waals surface area contributed by atoms with E-state index in [0.29, 0.717) is 11.4 Å². The first-order valence-electron chi connectivity index (χ1n) is 11.1. The number of methoxy groups -OCH3 is 1. The fourth-order valence-corrected chi connectivity index (χ4v) is 5.57. The van der Waals surface area contributed by atoms with Gasteiger partial charge >= 0.3 is 0 Å². The molecule has 0 spiro atoms. The number of halogens is 3. The molecule has 0 saturated heterocycles. The van der Waals surface area contributed by atoms with Crippen LogP contribution < -0.4 is 9.46 Å². The highest BCUT2D eigenvalue weighted by atomic mass is 35.5. The molecule has 2 atom stereocenters. The van der Waals surface area contributed by atoms with Crippen LogP contribution in [0.15, 0.2) is 35.6 Å². The number of Topliss-reactive ketones (excluding diaryl/α,β-unsaturated/α-hetero) is 1. The second-order valence-corrected chi connectivity index (χ2v) is 10.4. The van der Waals surface area contributed by atoms with Crippen LogP contribution in [0, 0.1) is 11.6 Å². The molecule has 0 bridgehead atoms. The number of pyridine rings is 1. The predicted molar refractivity (Wildman–Crippen MR) is 137 cm³/mol. The Morgan fingerprint density at radius 3 is 2.64 bits per heavy atom. The highest BCUT2D eigenvalue weighted by molar-refractivity contribution is 8.01. The Balaban J connectivity index is 0.00000176. The number of rotatable bonds is 6. The molecular weight excluding hydrogens is 512 g/mol. The van der Waals surface area contributed by atoms with Crippen molar-refractivity contribution < 1.29 is 22.5 Å². The normalized spacial score (nSPS) is 16.8. The third kappa shape index (κ3) is 5.23. The van der Waals surface area contributed by atoms with Crippen molar-refractivity contribution in [1.29, 1.82) is 0 Å². The summed E-state index contributed by atoms with van der Waals surface area (Å²) in [6, 6.07) is 2.91.